The van der Waals surface area contributed by atoms with Gasteiger partial charge in [0.25, 0.3) is 0 Å². The fraction of sp³-hybridized carbons (Fsp3) is 0.765. The summed E-state index contributed by atoms with van der Waals surface area (Å²) >= 11 is 2.07. The van der Waals surface area contributed by atoms with Crippen LogP contribution < -0.4 is 5.32 Å². The maximum Gasteiger partial charge on any atom is 0.105 e. The maximum absolute atomic E-state index is 6.18. The van der Waals surface area contributed by atoms with Gasteiger partial charge >= 0.3 is 0 Å². The van der Waals surface area contributed by atoms with Gasteiger partial charge < -0.3 is 14.5 Å². The number of aryl methyl sites for hydroxylation is 2. The average Bonchev–Trinajstić information content (AvgIpc) is 2.79. The molecule has 1 spiro atoms. The molecule has 2 saturated heterocycles. The normalized spacial score (nSPS) is 26.9. The molecule has 3 rings (SSSR count). The van der Waals surface area contributed by atoms with E-state index in [-0.39, 0.29) is 5.60 Å². The van der Waals surface area contributed by atoms with Crippen molar-refractivity contribution in [2.45, 2.75) is 64.1 Å². The molecule has 1 aromatic heterocycles. The lowest BCUT2D eigenvalue weighted by molar-refractivity contribution is -0.0941. The zero-order valence-electron chi connectivity index (χ0n) is 13.4. The summed E-state index contributed by atoms with van der Waals surface area (Å²) < 4.78 is 11.8. The highest BCUT2D eigenvalue weighted by atomic mass is 32.2. The quantitative estimate of drug-likeness (QED) is 0.915. The number of nitrogens with one attached hydrogen (secondary N) is 1. The average molecular weight is 309 g/mol. The lowest BCUT2D eigenvalue weighted by Gasteiger charge is -2.44. The molecule has 0 aromatic carbocycles. The van der Waals surface area contributed by atoms with E-state index in [1.165, 1.54) is 29.9 Å². The molecule has 2 aliphatic heterocycles. The smallest absolute Gasteiger partial charge is 0.105 e. The van der Waals surface area contributed by atoms with Crippen molar-refractivity contribution in [2.75, 3.05) is 18.1 Å². The summed E-state index contributed by atoms with van der Waals surface area (Å²) in [6.07, 6.45) is 4.71. The molecule has 0 bridgehead atoms. The number of thioether (sulfide) groups is 1. The lowest BCUT2D eigenvalue weighted by atomic mass is 9.85. The van der Waals surface area contributed by atoms with E-state index in [1.807, 2.05) is 6.92 Å². The molecule has 0 radical (unpaired) electrons. The molecule has 118 valence electrons. The summed E-state index contributed by atoms with van der Waals surface area (Å²) in [4.78, 5) is 0. The summed E-state index contributed by atoms with van der Waals surface area (Å²) in [5.74, 6) is 4.55. The third-order valence-electron chi connectivity index (χ3n) is 4.93. The van der Waals surface area contributed by atoms with E-state index in [1.54, 1.807) is 0 Å². The highest BCUT2D eigenvalue weighted by molar-refractivity contribution is 7.99. The van der Waals surface area contributed by atoms with E-state index in [9.17, 15) is 0 Å². The Bertz CT molecular complexity index is 474. The predicted molar refractivity (Wildman–Crippen MR) is 88.0 cm³/mol. The van der Waals surface area contributed by atoms with Crippen LogP contribution >= 0.6 is 11.8 Å². The molecular formula is C17H27NO2S. The van der Waals surface area contributed by atoms with Crippen molar-refractivity contribution in [3.63, 3.8) is 0 Å². The predicted octanol–water partition coefficient (Wildman–Crippen LogP) is 3.99. The molecule has 4 heteroatoms. The molecule has 21 heavy (non-hydrogen) atoms. The fourth-order valence-corrected chi connectivity index (χ4v) is 5.02. The zero-order valence-corrected chi connectivity index (χ0v) is 14.2. The Labute approximate surface area is 132 Å². The van der Waals surface area contributed by atoms with Gasteiger partial charge in [0, 0.05) is 24.3 Å². The van der Waals surface area contributed by atoms with Crippen molar-refractivity contribution in [1.29, 1.82) is 0 Å². The first-order valence-electron chi connectivity index (χ1n) is 8.13. The third-order valence-corrected chi connectivity index (χ3v) is 5.91. The van der Waals surface area contributed by atoms with E-state index >= 15 is 0 Å². The molecule has 2 atom stereocenters. The van der Waals surface area contributed by atoms with Crippen LogP contribution in [0.5, 0.6) is 0 Å². The topological polar surface area (TPSA) is 34.4 Å². The number of hydrogen-bond acceptors (Lipinski definition) is 4. The van der Waals surface area contributed by atoms with Crippen LogP contribution in [-0.4, -0.2) is 29.8 Å². The second-order valence-electron chi connectivity index (χ2n) is 6.59. The van der Waals surface area contributed by atoms with E-state index in [2.05, 4.69) is 37.0 Å². The van der Waals surface area contributed by atoms with Crippen LogP contribution in [0.25, 0.3) is 0 Å². The molecule has 3 heterocycles. The van der Waals surface area contributed by atoms with Gasteiger partial charge in [-0.25, -0.2) is 0 Å². The Hall–Kier alpha value is -0.450. The van der Waals surface area contributed by atoms with Gasteiger partial charge in [-0.1, -0.05) is 0 Å². The Kier molecular flexibility index (Phi) is 4.67. The summed E-state index contributed by atoms with van der Waals surface area (Å²) in [5, 5.41) is 3.81. The van der Waals surface area contributed by atoms with Gasteiger partial charge in [0.2, 0.25) is 0 Å². The SMILES string of the molecule is Cc1cc(C(C)NC2CCOC3(CCSCC3)C2)c(C)o1. The monoisotopic (exact) mass is 309 g/mol. The van der Waals surface area contributed by atoms with E-state index in [0.717, 1.165) is 31.0 Å². The zero-order chi connectivity index (χ0) is 14.9. The van der Waals surface area contributed by atoms with Crippen molar-refractivity contribution in [3.8, 4) is 0 Å². The minimum atomic E-state index is 0.155. The number of ether oxygens (including phenoxy) is 1. The number of hydrogen-bond donors (Lipinski definition) is 1. The highest BCUT2D eigenvalue weighted by Gasteiger charge is 2.39. The highest BCUT2D eigenvalue weighted by Crippen LogP contribution is 2.38. The summed E-state index contributed by atoms with van der Waals surface area (Å²) in [5.41, 5.74) is 1.45. The molecule has 0 amide bonds. The van der Waals surface area contributed by atoms with Crippen LogP contribution in [0.4, 0.5) is 0 Å². The van der Waals surface area contributed by atoms with Gasteiger partial charge in [-0.05, 0) is 64.0 Å². The van der Waals surface area contributed by atoms with E-state index in [4.69, 9.17) is 9.15 Å². The fourth-order valence-electron chi connectivity index (χ4n) is 3.79. The molecule has 1 aromatic rings. The largest absolute Gasteiger partial charge is 0.466 e. The van der Waals surface area contributed by atoms with E-state index < -0.39 is 0 Å². The molecule has 0 saturated carbocycles. The molecule has 2 fully saturated rings. The molecule has 2 unspecified atom stereocenters. The minimum Gasteiger partial charge on any atom is -0.466 e. The number of rotatable bonds is 3. The van der Waals surface area contributed by atoms with Crippen molar-refractivity contribution >= 4 is 11.8 Å². The molecular weight excluding hydrogens is 282 g/mol. The second-order valence-corrected chi connectivity index (χ2v) is 7.82. The lowest BCUT2D eigenvalue weighted by Crippen LogP contribution is -2.49. The van der Waals surface area contributed by atoms with Crippen LogP contribution in [0.3, 0.4) is 0 Å². The standard InChI is InChI=1S/C17H27NO2S/c1-12-10-16(14(3)20-12)13(2)18-15-4-7-19-17(11-15)5-8-21-9-6-17/h10,13,15,18H,4-9,11H2,1-3H3. The van der Waals surface area contributed by atoms with Gasteiger partial charge in [0.1, 0.15) is 11.5 Å². The van der Waals surface area contributed by atoms with Crippen LogP contribution in [0, 0.1) is 13.8 Å². The number of furan rings is 1. The Balaban J connectivity index is 1.63. The van der Waals surface area contributed by atoms with Gasteiger partial charge in [0.05, 0.1) is 5.60 Å². The van der Waals surface area contributed by atoms with Gasteiger partial charge in [-0.3, -0.25) is 0 Å². The summed E-state index contributed by atoms with van der Waals surface area (Å²) in [6, 6.07) is 3.08. The van der Waals surface area contributed by atoms with Gasteiger partial charge in [-0.15, -0.1) is 0 Å². The molecule has 3 nitrogen and oxygen atoms in total. The van der Waals surface area contributed by atoms with Crippen molar-refractivity contribution in [3.05, 3.63) is 23.2 Å². The Morgan fingerprint density at radius 1 is 1.33 bits per heavy atom. The molecule has 0 aliphatic carbocycles. The van der Waals surface area contributed by atoms with Crippen LogP contribution in [0.15, 0.2) is 10.5 Å². The first-order chi connectivity index (χ1) is 10.1. The van der Waals surface area contributed by atoms with Gasteiger partial charge in [0.15, 0.2) is 0 Å². The first-order valence-corrected chi connectivity index (χ1v) is 9.28. The summed E-state index contributed by atoms with van der Waals surface area (Å²) in [6.45, 7) is 7.23. The maximum atomic E-state index is 6.18. The van der Waals surface area contributed by atoms with Crippen LogP contribution in [0.2, 0.25) is 0 Å². The van der Waals surface area contributed by atoms with Crippen molar-refractivity contribution in [1.82, 2.24) is 5.32 Å². The first kappa shape index (κ1) is 15.4. The minimum absolute atomic E-state index is 0.155. The van der Waals surface area contributed by atoms with Crippen molar-refractivity contribution in [2.24, 2.45) is 0 Å². The Morgan fingerprint density at radius 2 is 2.10 bits per heavy atom. The second kappa shape index (κ2) is 6.35. The molecule has 1 N–H and O–H groups in total. The van der Waals surface area contributed by atoms with Crippen molar-refractivity contribution < 1.29 is 9.15 Å². The van der Waals surface area contributed by atoms with Gasteiger partial charge in [-0.2, -0.15) is 11.8 Å². The third kappa shape index (κ3) is 3.49. The van der Waals surface area contributed by atoms with Crippen LogP contribution in [-0.2, 0) is 4.74 Å². The summed E-state index contributed by atoms with van der Waals surface area (Å²) in [7, 11) is 0. The Morgan fingerprint density at radius 3 is 2.76 bits per heavy atom. The van der Waals surface area contributed by atoms with Crippen LogP contribution in [0.1, 0.15) is 55.7 Å². The molecule has 2 aliphatic rings. The van der Waals surface area contributed by atoms with E-state index in [0.29, 0.717) is 12.1 Å².